The molecule has 2 heteroatoms. The molecule has 0 unspecified atom stereocenters. The summed E-state index contributed by atoms with van der Waals surface area (Å²) in [5.41, 5.74) is 2.78. The van der Waals surface area contributed by atoms with Gasteiger partial charge in [0.05, 0.1) is 0 Å². The van der Waals surface area contributed by atoms with Crippen molar-refractivity contribution in [3.63, 3.8) is 0 Å². The molecule has 0 spiro atoms. The number of hydrogen-bond donors (Lipinski definition) is 1. The monoisotopic (exact) mass is 235 g/mol. The highest BCUT2D eigenvalue weighted by Gasteiger charge is 2.19. The van der Waals surface area contributed by atoms with Crippen LogP contribution in [0.5, 0.6) is 0 Å². The molecule has 0 aliphatic heterocycles. The van der Waals surface area contributed by atoms with Crippen LogP contribution in [0.4, 0.5) is 0 Å². The summed E-state index contributed by atoms with van der Waals surface area (Å²) >= 11 is 1.99. The summed E-state index contributed by atoms with van der Waals surface area (Å²) in [7, 11) is 0. The van der Waals surface area contributed by atoms with Gasteiger partial charge in [0.25, 0.3) is 0 Å². The largest absolute Gasteiger partial charge is 0.314 e. The number of thioether (sulfide) groups is 1. The summed E-state index contributed by atoms with van der Waals surface area (Å²) in [6, 6.07) is 7.58. The maximum atomic E-state index is 3.55. The van der Waals surface area contributed by atoms with Crippen LogP contribution in [-0.4, -0.2) is 18.3 Å². The zero-order chi connectivity index (χ0) is 11.4. The van der Waals surface area contributed by atoms with Crippen molar-refractivity contribution < 1.29 is 0 Å². The third kappa shape index (κ3) is 3.84. The van der Waals surface area contributed by atoms with Crippen LogP contribution in [0.1, 0.15) is 30.4 Å². The van der Waals surface area contributed by atoms with E-state index in [1.165, 1.54) is 47.6 Å². The van der Waals surface area contributed by atoms with Gasteiger partial charge >= 0.3 is 0 Å². The Hall–Kier alpha value is -0.470. The maximum Gasteiger partial charge on any atom is 0.0101 e. The lowest BCUT2D eigenvalue weighted by Gasteiger charge is -2.06. The highest BCUT2D eigenvalue weighted by molar-refractivity contribution is 7.99. The lowest BCUT2D eigenvalue weighted by Crippen LogP contribution is -2.17. The molecule has 1 aliphatic rings. The van der Waals surface area contributed by atoms with Gasteiger partial charge in [-0.1, -0.05) is 17.7 Å². The van der Waals surface area contributed by atoms with Crippen LogP contribution >= 0.6 is 11.8 Å². The van der Waals surface area contributed by atoms with Gasteiger partial charge in [-0.25, -0.2) is 0 Å². The van der Waals surface area contributed by atoms with Crippen molar-refractivity contribution in [3.8, 4) is 0 Å². The van der Waals surface area contributed by atoms with E-state index in [9.17, 15) is 0 Å². The Morgan fingerprint density at radius 1 is 1.31 bits per heavy atom. The Bertz CT molecular complexity index is 345. The molecule has 1 N–H and O–H groups in total. The van der Waals surface area contributed by atoms with Crippen molar-refractivity contribution >= 4 is 11.8 Å². The SMILES string of the molecule is Cc1ccc(SCCCNC2CC2)c(C)c1. The van der Waals surface area contributed by atoms with E-state index >= 15 is 0 Å². The zero-order valence-electron chi connectivity index (χ0n) is 10.3. The summed E-state index contributed by atoms with van der Waals surface area (Å²) in [5, 5.41) is 3.55. The summed E-state index contributed by atoms with van der Waals surface area (Å²) in [4.78, 5) is 1.44. The second-order valence-corrected chi connectivity index (χ2v) is 5.84. The van der Waals surface area contributed by atoms with Crippen LogP contribution in [0.3, 0.4) is 0 Å². The van der Waals surface area contributed by atoms with Crippen LogP contribution in [0.25, 0.3) is 0 Å². The second kappa shape index (κ2) is 5.74. The third-order valence-electron chi connectivity index (χ3n) is 2.92. The topological polar surface area (TPSA) is 12.0 Å². The lowest BCUT2D eigenvalue weighted by atomic mass is 10.2. The Morgan fingerprint density at radius 2 is 2.12 bits per heavy atom. The van der Waals surface area contributed by atoms with Crippen LogP contribution in [-0.2, 0) is 0 Å². The number of aryl methyl sites for hydroxylation is 2. The highest BCUT2D eigenvalue weighted by atomic mass is 32.2. The van der Waals surface area contributed by atoms with E-state index in [2.05, 4.69) is 37.4 Å². The molecular formula is C14H21NS. The third-order valence-corrected chi connectivity index (χ3v) is 4.18. The molecule has 1 aromatic carbocycles. The van der Waals surface area contributed by atoms with Crippen molar-refractivity contribution in [3.05, 3.63) is 29.3 Å². The predicted octanol–water partition coefficient (Wildman–Crippen LogP) is 3.54. The molecule has 1 fully saturated rings. The van der Waals surface area contributed by atoms with E-state index in [0.29, 0.717) is 0 Å². The molecule has 1 aliphatic carbocycles. The van der Waals surface area contributed by atoms with E-state index in [1.54, 1.807) is 0 Å². The lowest BCUT2D eigenvalue weighted by molar-refractivity contribution is 0.674. The molecule has 0 heterocycles. The summed E-state index contributed by atoms with van der Waals surface area (Å²) in [5.74, 6) is 1.23. The molecule has 2 rings (SSSR count). The minimum Gasteiger partial charge on any atom is -0.314 e. The minimum absolute atomic E-state index is 0.853. The maximum absolute atomic E-state index is 3.55. The fraction of sp³-hybridized carbons (Fsp3) is 0.571. The molecule has 0 bridgehead atoms. The molecule has 0 aromatic heterocycles. The smallest absolute Gasteiger partial charge is 0.0101 e. The molecular weight excluding hydrogens is 214 g/mol. The van der Waals surface area contributed by atoms with Gasteiger partial charge in [0.2, 0.25) is 0 Å². The number of rotatable bonds is 6. The molecule has 1 aromatic rings. The Kier molecular flexibility index (Phi) is 4.30. The van der Waals surface area contributed by atoms with Crippen LogP contribution in [0.15, 0.2) is 23.1 Å². The quantitative estimate of drug-likeness (QED) is 0.598. The molecule has 16 heavy (non-hydrogen) atoms. The standard InChI is InChI=1S/C14H21NS/c1-11-4-7-14(12(2)10-11)16-9-3-8-15-13-5-6-13/h4,7,10,13,15H,3,5-6,8-9H2,1-2H3. The number of hydrogen-bond acceptors (Lipinski definition) is 2. The van der Waals surface area contributed by atoms with Crippen LogP contribution in [0, 0.1) is 13.8 Å². The predicted molar refractivity (Wildman–Crippen MR) is 72.3 cm³/mol. The number of nitrogens with one attached hydrogen (secondary N) is 1. The van der Waals surface area contributed by atoms with Crippen LogP contribution in [0.2, 0.25) is 0 Å². The normalized spacial score (nSPS) is 15.4. The summed E-state index contributed by atoms with van der Waals surface area (Å²) in [6.07, 6.45) is 4.06. The molecule has 0 saturated heterocycles. The van der Waals surface area contributed by atoms with Gasteiger partial charge in [0.15, 0.2) is 0 Å². The first-order valence-electron chi connectivity index (χ1n) is 6.19. The molecule has 1 nitrogen and oxygen atoms in total. The zero-order valence-corrected chi connectivity index (χ0v) is 11.1. The Labute approximate surface area is 103 Å². The van der Waals surface area contributed by atoms with Crippen molar-refractivity contribution in [1.29, 1.82) is 0 Å². The molecule has 0 radical (unpaired) electrons. The van der Waals surface area contributed by atoms with Crippen molar-refractivity contribution in [2.24, 2.45) is 0 Å². The summed E-state index contributed by atoms with van der Waals surface area (Å²) < 4.78 is 0. The van der Waals surface area contributed by atoms with Crippen LogP contribution < -0.4 is 5.32 Å². The highest BCUT2D eigenvalue weighted by Crippen LogP contribution is 2.24. The minimum atomic E-state index is 0.853. The van der Waals surface area contributed by atoms with E-state index in [4.69, 9.17) is 0 Å². The van der Waals surface area contributed by atoms with E-state index in [1.807, 2.05) is 11.8 Å². The van der Waals surface area contributed by atoms with Gasteiger partial charge in [0.1, 0.15) is 0 Å². The first-order valence-corrected chi connectivity index (χ1v) is 7.18. The van der Waals surface area contributed by atoms with Gasteiger partial charge in [-0.15, -0.1) is 11.8 Å². The molecule has 0 amide bonds. The van der Waals surface area contributed by atoms with Gasteiger partial charge in [0, 0.05) is 10.9 Å². The Morgan fingerprint density at radius 3 is 2.81 bits per heavy atom. The fourth-order valence-electron chi connectivity index (χ4n) is 1.81. The van der Waals surface area contributed by atoms with Gasteiger partial charge in [-0.2, -0.15) is 0 Å². The molecule has 88 valence electrons. The van der Waals surface area contributed by atoms with Gasteiger partial charge in [-0.3, -0.25) is 0 Å². The van der Waals surface area contributed by atoms with Crippen molar-refractivity contribution in [2.45, 2.75) is 44.0 Å². The van der Waals surface area contributed by atoms with Gasteiger partial charge in [-0.05, 0) is 57.0 Å². The molecule has 1 saturated carbocycles. The second-order valence-electron chi connectivity index (χ2n) is 4.70. The first-order chi connectivity index (χ1) is 7.75. The first kappa shape index (κ1) is 12.0. The van der Waals surface area contributed by atoms with Gasteiger partial charge < -0.3 is 5.32 Å². The Balaban J connectivity index is 1.67. The van der Waals surface area contributed by atoms with Crippen molar-refractivity contribution in [1.82, 2.24) is 5.32 Å². The van der Waals surface area contributed by atoms with E-state index in [0.717, 1.165) is 6.04 Å². The number of benzene rings is 1. The molecule has 0 atom stereocenters. The average molecular weight is 235 g/mol. The van der Waals surface area contributed by atoms with E-state index in [-0.39, 0.29) is 0 Å². The van der Waals surface area contributed by atoms with Crippen molar-refractivity contribution in [2.75, 3.05) is 12.3 Å². The summed E-state index contributed by atoms with van der Waals surface area (Å²) in [6.45, 7) is 5.54. The fourth-order valence-corrected chi connectivity index (χ4v) is 2.77. The average Bonchev–Trinajstić information content (AvgIpc) is 3.04. The van der Waals surface area contributed by atoms with E-state index < -0.39 is 0 Å².